The van der Waals surface area contributed by atoms with E-state index in [1.807, 2.05) is 13.8 Å². The fourth-order valence-corrected chi connectivity index (χ4v) is 1.49. The van der Waals surface area contributed by atoms with E-state index >= 15 is 0 Å². The third-order valence-electron chi connectivity index (χ3n) is 2.41. The van der Waals surface area contributed by atoms with Crippen molar-refractivity contribution in [3.63, 3.8) is 0 Å². The first-order valence-corrected chi connectivity index (χ1v) is 5.96. The number of benzene rings is 1. The molecule has 1 atom stereocenters. The molecule has 3 nitrogen and oxygen atoms in total. The normalized spacial score (nSPS) is 10.9. The molecule has 92 valence electrons. The Hall–Kier alpha value is -1.97. The van der Waals surface area contributed by atoms with Crippen LogP contribution >= 0.6 is 11.6 Å². The Morgan fingerprint density at radius 2 is 2.11 bits per heavy atom. The molecule has 1 rings (SSSR count). The summed E-state index contributed by atoms with van der Waals surface area (Å²) < 4.78 is 5.62. The molecule has 0 bridgehead atoms. The molecule has 0 heterocycles. The lowest BCUT2D eigenvalue weighted by Gasteiger charge is -2.13. The van der Waals surface area contributed by atoms with Gasteiger partial charge in [-0.3, -0.25) is 0 Å². The Labute approximate surface area is 112 Å². The highest BCUT2D eigenvalue weighted by Crippen LogP contribution is 2.27. The van der Waals surface area contributed by atoms with Crippen molar-refractivity contribution in [3.8, 4) is 17.9 Å². The second kappa shape index (κ2) is 6.69. The lowest BCUT2D eigenvalue weighted by atomic mass is 10.1. The highest BCUT2D eigenvalue weighted by Gasteiger charge is 2.06. The molecule has 0 aliphatic carbocycles. The number of nitriles is 2. The van der Waals surface area contributed by atoms with Crippen LogP contribution in [0.3, 0.4) is 0 Å². The van der Waals surface area contributed by atoms with Crippen LogP contribution in [0.1, 0.15) is 25.8 Å². The smallest absolute Gasteiger partial charge is 0.138 e. The van der Waals surface area contributed by atoms with E-state index in [-0.39, 0.29) is 11.7 Å². The van der Waals surface area contributed by atoms with Crippen molar-refractivity contribution < 1.29 is 4.74 Å². The number of hydrogen-bond acceptors (Lipinski definition) is 3. The predicted octanol–water partition coefficient (Wildman–Crippen LogP) is 3.95. The largest absolute Gasteiger partial charge is 0.489 e. The van der Waals surface area contributed by atoms with Crippen LogP contribution in [0.25, 0.3) is 6.08 Å². The van der Waals surface area contributed by atoms with Crippen LogP contribution in [0.5, 0.6) is 5.75 Å². The molecule has 0 radical (unpaired) electrons. The molecule has 0 amide bonds. The lowest BCUT2D eigenvalue weighted by molar-refractivity contribution is 0.217. The first-order chi connectivity index (χ1) is 8.60. The quantitative estimate of drug-likeness (QED) is 0.770. The van der Waals surface area contributed by atoms with Gasteiger partial charge >= 0.3 is 0 Å². The SMILES string of the molecule is CC[C@H](C)Oc1ccc(C=C(C#N)C#N)cc1Cl. The molecule has 0 fully saturated rings. The zero-order valence-corrected chi connectivity index (χ0v) is 11.0. The number of rotatable bonds is 4. The lowest BCUT2D eigenvalue weighted by Crippen LogP contribution is -2.09. The van der Waals surface area contributed by atoms with Crippen LogP contribution in [-0.2, 0) is 0 Å². The molecule has 4 heteroatoms. The third-order valence-corrected chi connectivity index (χ3v) is 2.71. The summed E-state index contributed by atoms with van der Waals surface area (Å²) in [5, 5.41) is 17.8. The van der Waals surface area contributed by atoms with Gasteiger partial charge in [0.15, 0.2) is 0 Å². The van der Waals surface area contributed by atoms with E-state index in [0.29, 0.717) is 16.3 Å². The number of ether oxygens (including phenoxy) is 1. The Kier molecular flexibility index (Phi) is 5.24. The summed E-state index contributed by atoms with van der Waals surface area (Å²) in [6.07, 6.45) is 2.47. The van der Waals surface area contributed by atoms with Crippen LogP contribution in [0.4, 0.5) is 0 Å². The molecule has 0 unspecified atom stereocenters. The summed E-state index contributed by atoms with van der Waals surface area (Å²) in [6, 6.07) is 8.78. The summed E-state index contributed by atoms with van der Waals surface area (Å²) in [6.45, 7) is 4.00. The Bertz CT molecular complexity index is 522. The van der Waals surface area contributed by atoms with Gasteiger partial charge < -0.3 is 4.74 Å². The van der Waals surface area contributed by atoms with Gasteiger partial charge in [0, 0.05) is 0 Å². The minimum absolute atomic E-state index is 0.0432. The Balaban J connectivity index is 2.97. The van der Waals surface area contributed by atoms with Crippen molar-refractivity contribution in [3.05, 3.63) is 34.4 Å². The van der Waals surface area contributed by atoms with Gasteiger partial charge in [-0.25, -0.2) is 0 Å². The van der Waals surface area contributed by atoms with E-state index in [0.717, 1.165) is 6.42 Å². The maximum absolute atomic E-state index is 8.66. The standard InChI is InChI=1S/C14H13ClN2O/c1-3-10(2)18-14-5-4-11(7-13(14)15)6-12(8-16)9-17/h4-7,10H,3H2,1-2H3/t10-/m0/s1. The van der Waals surface area contributed by atoms with Gasteiger partial charge in [-0.2, -0.15) is 10.5 Å². The number of halogens is 1. The fraction of sp³-hybridized carbons (Fsp3) is 0.286. The van der Waals surface area contributed by atoms with Gasteiger partial charge in [-0.1, -0.05) is 24.6 Å². The summed E-state index contributed by atoms with van der Waals surface area (Å²) in [7, 11) is 0. The van der Waals surface area contributed by atoms with Crippen molar-refractivity contribution >= 4 is 17.7 Å². The molecule has 1 aromatic carbocycles. The molecule has 18 heavy (non-hydrogen) atoms. The van der Waals surface area contributed by atoms with Gasteiger partial charge in [0.25, 0.3) is 0 Å². The second-order valence-corrected chi connectivity index (χ2v) is 4.22. The van der Waals surface area contributed by atoms with E-state index < -0.39 is 0 Å². The van der Waals surface area contributed by atoms with Crippen LogP contribution in [0.2, 0.25) is 5.02 Å². The first kappa shape index (κ1) is 14.1. The summed E-state index contributed by atoms with van der Waals surface area (Å²) >= 11 is 6.08. The fourth-order valence-electron chi connectivity index (χ4n) is 1.26. The van der Waals surface area contributed by atoms with Crippen LogP contribution in [0, 0.1) is 22.7 Å². The summed E-state index contributed by atoms with van der Waals surface area (Å²) in [5.41, 5.74) is 0.747. The summed E-state index contributed by atoms with van der Waals surface area (Å²) in [5.74, 6) is 0.610. The number of allylic oxidation sites excluding steroid dienone is 1. The van der Waals surface area contributed by atoms with Crippen LogP contribution < -0.4 is 4.74 Å². The monoisotopic (exact) mass is 260 g/mol. The van der Waals surface area contributed by atoms with Gasteiger partial charge in [0.05, 0.1) is 11.1 Å². The van der Waals surface area contributed by atoms with E-state index in [9.17, 15) is 0 Å². The molecule has 0 saturated heterocycles. The Morgan fingerprint density at radius 3 is 2.61 bits per heavy atom. The maximum Gasteiger partial charge on any atom is 0.138 e. The average Bonchev–Trinajstić information content (AvgIpc) is 2.38. The third kappa shape index (κ3) is 3.80. The van der Waals surface area contributed by atoms with Crippen molar-refractivity contribution in [1.82, 2.24) is 0 Å². The topological polar surface area (TPSA) is 56.8 Å². The first-order valence-electron chi connectivity index (χ1n) is 5.58. The molecule has 0 saturated carbocycles. The predicted molar refractivity (Wildman–Crippen MR) is 71.0 cm³/mol. The van der Waals surface area contributed by atoms with E-state index in [1.165, 1.54) is 6.08 Å². The van der Waals surface area contributed by atoms with Gasteiger partial charge in [-0.15, -0.1) is 0 Å². The van der Waals surface area contributed by atoms with Crippen LogP contribution in [0.15, 0.2) is 23.8 Å². The minimum atomic E-state index is 0.0432. The van der Waals surface area contributed by atoms with Crippen molar-refractivity contribution in [2.75, 3.05) is 0 Å². The molecular formula is C14H13ClN2O. The summed E-state index contributed by atoms with van der Waals surface area (Å²) in [4.78, 5) is 0. The molecule has 0 aliphatic heterocycles. The van der Waals surface area contributed by atoms with Gasteiger partial charge in [0.2, 0.25) is 0 Å². The van der Waals surface area contributed by atoms with Crippen LogP contribution in [-0.4, -0.2) is 6.10 Å². The second-order valence-electron chi connectivity index (χ2n) is 3.81. The molecule has 1 aromatic rings. The number of hydrogen-bond donors (Lipinski definition) is 0. The van der Waals surface area contributed by atoms with E-state index in [4.69, 9.17) is 26.9 Å². The highest BCUT2D eigenvalue weighted by molar-refractivity contribution is 6.32. The number of nitrogens with zero attached hydrogens (tertiary/aromatic N) is 2. The van der Waals surface area contributed by atoms with E-state index in [2.05, 4.69) is 0 Å². The molecule has 0 aromatic heterocycles. The molecule has 0 aliphatic rings. The minimum Gasteiger partial charge on any atom is -0.489 e. The zero-order valence-electron chi connectivity index (χ0n) is 10.3. The van der Waals surface area contributed by atoms with E-state index in [1.54, 1.807) is 30.3 Å². The maximum atomic E-state index is 8.66. The van der Waals surface area contributed by atoms with Crippen molar-refractivity contribution in [2.45, 2.75) is 26.4 Å². The average molecular weight is 261 g/mol. The Morgan fingerprint density at radius 1 is 1.44 bits per heavy atom. The van der Waals surface area contributed by atoms with Gasteiger partial charge in [0.1, 0.15) is 23.5 Å². The van der Waals surface area contributed by atoms with Crippen molar-refractivity contribution in [1.29, 1.82) is 10.5 Å². The molecule has 0 spiro atoms. The molecule has 0 N–H and O–H groups in total. The van der Waals surface area contributed by atoms with Gasteiger partial charge in [-0.05, 0) is 37.1 Å². The zero-order chi connectivity index (χ0) is 13.5. The highest BCUT2D eigenvalue weighted by atomic mass is 35.5. The van der Waals surface area contributed by atoms with Crippen molar-refractivity contribution in [2.24, 2.45) is 0 Å². The molecular weight excluding hydrogens is 248 g/mol.